The van der Waals surface area contributed by atoms with Crippen LogP contribution in [0.25, 0.3) is 10.1 Å². The van der Waals surface area contributed by atoms with Crippen molar-refractivity contribution in [1.82, 2.24) is 0 Å². The van der Waals surface area contributed by atoms with Gasteiger partial charge in [0.25, 0.3) is 0 Å². The maximum atomic E-state index is 10.8. The van der Waals surface area contributed by atoms with Gasteiger partial charge in [-0.25, -0.2) is 0 Å². The standard InChI is InChI=1S/C19H20OS/c1-19(20,13-7-10-15-8-3-2-4-9-15)18-14-16-11-5-6-12-17(16)21-18/h2-6,8-9,11-12,14,20H,7,10,13H2,1H3. The first kappa shape index (κ1) is 14.3. The third kappa shape index (κ3) is 3.34. The Kier molecular flexibility index (Phi) is 4.09. The molecule has 0 bridgehead atoms. The van der Waals surface area contributed by atoms with Crippen molar-refractivity contribution in [1.29, 1.82) is 0 Å². The van der Waals surface area contributed by atoms with E-state index < -0.39 is 5.60 Å². The molecule has 1 unspecified atom stereocenters. The summed E-state index contributed by atoms with van der Waals surface area (Å²) in [4.78, 5) is 1.07. The maximum Gasteiger partial charge on any atom is 0.0960 e. The lowest BCUT2D eigenvalue weighted by molar-refractivity contribution is 0.0495. The summed E-state index contributed by atoms with van der Waals surface area (Å²) in [5, 5.41) is 12.0. The van der Waals surface area contributed by atoms with Crippen LogP contribution in [-0.4, -0.2) is 5.11 Å². The second-order valence-electron chi connectivity index (χ2n) is 5.76. The first-order valence-electron chi connectivity index (χ1n) is 7.40. The van der Waals surface area contributed by atoms with Gasteiger partial charge < -0.3 is 5.11 Å². The zero-order valence-corrected chi connectivity index (χ0v) is 13.1. The van der Waals surface area contributed by atoms with Crippen LogP contribution in [0.1, 0.15) is 30.2 Å². The minimum Gasteiger partial charge on any atom is -0.385 e. The molecule has 0 spiro atoms. The van der Waals surface area contributed by atoms with Gasteiger partial charge in [-0.3, -0.25) is 0 Å². The molecule has 0 aliphatic heterocycles. The molecule has 1 aromatic heterocycles. The third-order valence-electron chi connectivity index (χ3n) is 3.93. The Bertz CT molecular complexity index is 680. The van der Waals surface area contributed by atoms with Crippen LogP contribution in [0.3, 0.4) is 0 Å². The Hall–Kier alpha value is -1.64. The smallest absolute Gasteiger partial charge is 0.0960 e. The van der Waals surface area contributed by atoms with E-state index in [1.54, 1.807) is 11.3 Å². The van der Waals surface area contributed by atoms with E-state index in [0.717, 1.165) is 24.1 Å². The van der Waals surface area contributed by atoms with Gasteiger partial charge in [0.1, 0.15) is 0 Å². The largest absolute Gasteiger partial charge is 0.385 e. The van der Waals surface area contributed by atoms with Gasteiger partial charge in [-0.05, 0) is 49.3 Å². The Labute approximate surface area is 129 Å². The monoisotopic (exact) mass is 296 g/mol. The van der Waals surface area contributed by atoms with Gasteiger partial charge in [0.2, 0.25) is 0 Å². The zero-order valence-electron chi connectivity index (χ0n) is 12.3. The predicted molar refractivity (Wildman–Crippen MR) is 90.8 cm³/mol. The highest BCUT2D eigenvalue weighted by molar-refractivity contribution is 7.19. The molecule has 0 saturated heterocycles. The van der Waals surface area contributed by atoms with Crippen LogP contribution >= 0.6 is 11.3 Å². The second-order valence-corrected chi connectivity index (χ2v) is 6.85. The fourth-order valence-corrected chi connectivity index (χ4v) is 3.79. The number of hydrogen-bond acceptors (Lipinski definition) is 2. The normalized spacial score (nSPS) is 14.2. The molecule has 1 heterocycles. The number of rotatable bonds is 5. The molecule has 0 amide bonds. The topological polar surface area (TPSA) is 20.2 Å². The van der Waals surface area contributed by atoms with E-state index in [-0.39, 0.29) is 0 Å². The lowest BCUT2D eigenvalue weighted by Crippen LogP contribution is -2.19. The molecule has 108 valence electrons. The predicted octanol–water partition coefficient (Wildman–Crippen LogP) is 5.13. The Morgan fingerprint density at radius 1 is 1.00 bits per heavy atom. The van der Waals surface area contributed by atoms with Gasteiger partial charge in [-0.15, -0.1) is 11.3 Å². The molecule has 1 N–H and O–H groups in total. The molecule has 0 fully saturated rings. The van der Waals surface area contributed by atoms with Crippen molar-refractivity contribution in [2.75, 3.05) is 0 Å². The first-order chi connectivity index (χ1) is 10.1. The Morgan fingerprint density at radius 3 is 2.48 bits per heavy atom. The van der Waals surface area contributed by atoms with Gasteiger partial charge in [-0.1, -0.05) is 48.5 Å². The lowest BCUT2D eigenvalue weighted by atomic mass is 9.95. The molecule has 0 saturated carbocycles. The number of thiophene rings is 1. The summed E-state index contributed by atoms with van der Waals surface area (Å²) in [6.07, 6.45) is 2.79. The van der Waals surface area contributed by atoms with Gasteiger partial charge >= 0.3 is 0 Å². The summed E-state index contributed by atoms with van der Waals surface area (Å²) in [5.41, 5.74) is 0.600. The van der Waals surface area contributed by atoms with E-state index in [9.17, 15) is 5.11 Å². The Morgan fingerprint density at radius 2 is 1.71 bits per heavy atom. The van der Waals surface area contributed by atoms with Crippen LogP contribution in [0.2, 0.25) is 0 Å². The molecule has 3 rings (SSSR count). The van der Waals surface area contributed by atoms with Crippen LogP contribution in [0, 0.1) is 0 Å². The van der Waals surface area contributed by atoms with Crippen LogP contribution in [0.5, 0.6) is 0 Å². The SMILES string of the molecule is CC(O)(CCCc1ccccc1)c1cc2ccccc2s1. The minimum atomic E-state index is -0.738. The number of aliphatic hydroxyl groups is 1. The molecule has 2 aromatic carbocycles. The summed E-state index contributed by atoms with van der Waals surface area (Å²) >= 11 is 1.70. The van der Waals surface area contributed by atoms with Gasteiger partial charge in [0.15, 0.2) is 0 Å². The van der Waals surface area contributed by atoms with Crippen molar-refractivity contribution >= 4 is 21.4 Å². The van der Waals surface area contributed by atoms with Crippen LogP contribution in [0.15, 0.2) is 60.7 Å². The molecule has 1 atom stereocenters. The zero-order chi connectivity index (χ0) is 14.7. The highest BCUT2D eigenvalue weighted by Crippen LogP contribution is 2.35. The summed E-state index contributed by atoms with van der Waals surface area (Å²) in [6, 6.07) is 20.9. The molecule has 1 nitrogen and oxygen atoms in total. The summed E-state index contributed by atoms with van der Waals surface area (Å²) in [6.45, 7) is 1.93. The van der Waals surface area contributed by atoms with Crippen LogP contribution in [0.4, 0.5) is 0 Å². The van der Waals surface area contributed by atoms with Crippen molar-refractivity contribution in [2.24, 2.45) is 0 Å². The lowest BCUT2D eigenvalue weighted by Gasteiger charge is -2.21. The maximum absolute atomic E-state index is 10.8. The molecule has 0 aliphatic carbocycles. The van der Waals surface area contributed by atoms with Crippen molar-refractivity contribution in [3.05, 3.63) is 71.1 Å². The summed E-state index contributed by atoms with van der Waals surface area (Å²) in [5.74, 6) is 0. The number of aryl methyl sites for hydroxylation is 1. The molecule has 0 radical (unpaired) electrons. The number of hydrogen-bond donors (Lipinski definition) is 1. The van der Waals surface area contributed by atoms with Crippen LogP contribution < -0.4 is 0 Å². The van der Waals surface area contributed by atoms with Gasteiger partial charge in [0.05, 0.1) is 5.60 Å². The fourth-order valence-electron chi connectivity index (χ4n) is 2.65. The molecule has 0 aliphatic rings. The third-order valence-corrected chi connectivity index (χ3v) is 5.30. The van der Waals surface area contributed by atoms with Crippen LogP contribution in [-0.2, 0) is 12.0 Å². The molecule has 21 heavy (non-hydrogen) atoms. The minimum absolute atomic E-state index is 0.738. The van der Waals surface area contributed by atoms with Gasteiger partial charge in [0, 0.05) is 9.58 Å². The number of fused-ring (bicyclic) bond motifs is 1. The molecular formula is C19H20OS. The average Bonchev–Trinajstić information content (AvgIpc) is 2.93. The van der Waals surface area contributed by atoms with E-state index in [2.05, 4.69) is 42.5 Å². The summed E-state index contributed by atoms with van der Waals surface area (Å²) in [7, 11) is 0. The van der Waals surface area contributed by atoms with E-state index >= 15 is 0 Å². The van der Waals surface area contributed by atoms with E-state index in [1.807, 2.05) is 25.1 Å². The highest BCUT2D eigenvalue weighted by Gasteiger charge is 2.24. The van der Waals surface area contributed by atoms with Gasteiger partial charge in [-0.2, -0.15) is 0 Å². The highest BCUT2D eigenvalue weighted by atomic mass is 32.1. The molecular weight excluding hydrogens is 276 g/mol. The Balaban J connectivity index is 1.68. The summed E-state index contributed by atoms with van der Waals surface area (Å²) < 4.78 is 1.25. The van der Waals surface area contributed by atoms with Crippen molar-refractivity contribution < 1.29 is 5.11 Å². The quantitative estimate of drug-likeness (QED) is 0.692. The number of benzene rings is 2. The van der Waals surface area contributed by atoms with Crippen molar-refractivity contribution in [3.63, 3.8) is 0 Å². The average molecular weight is 296 g/mol. The van der Waals surface area contributed by atoms with Crippen molar-refractivity contribution in [3.8, 4) is 0 Å². The molecule has 2 heteroatoms. The van der Waals surface area contributed by atoms with E-state index in [0.29, 0.717) is 0 Å². The van der Waals surface area contributed by atoms with Crippen molar-refractivity contribution in [2.45, 2.75) is 31.8 Å². The van der Waals surface area contributed by atoms with E-state index in [4.69, 9.17) is 0 Å². The first-order valence-corrected chi connectivity index (χ1v) is 8.22. The van der Waals surface area contributed by atoms with E-state index in [1.165, 1.54) is 15.6 Å². The fraction of sp³-hybridized carbons (Fsp3) is 0.263. The second kappa shape index (κ2) is 6.00. The molecule has 3 aromatic rings.